The molecule has 1 aromatic heterocycles. The lowest BCUT2D eigenvalue weighted by atomic mass is 10.1. The first kappa shape index (κ1) is 18.4. The van der Waals surface area contributed by atoms with Crippen LogP contribution in [0.1, 0.15) is 46.9 Å². The number of nitrogens with zero attached hydrogens (tertiary/aromatic N) is 1. The molecule has 0 unspecified atom stereocenters. The van der Waals surface area contributed by atoms with Gasteiger partial charge in [0.15, 0.2) is 5.76 Å². The van der Waals surface area contributed by atoms with Crippen LogP contribution in [-0.2, 0) is 6.42 Å². The summed E-state index contributed by atoms with van der Waals surface area (Å²) in [7, 11) is 0. The van der Waals surface area contributed by atoms with Crippen molar-refractivity contribution in [1.29, 1.82) is 0 Å². The molecule has 0 fully saturated rings. The van der Waals surface area contributed by atoms with Gasteiger partial charge in [-0.2, -0.15) is 0 Å². The number of para-hydroxylation sites is 2. The van der Waals surface area contributed by atoms with E-state index in [1.54, 1.807) is 6.07 Å². The van der Waals surface area contributed by atoms with Crippen molar-refractivity contribution in [2.24, 2.45) is 0 Å². The van der Waals surface area contributed by atoms with Gasteiger partial charge in [0, 0.05) is 32.1 Å². The molecular weight excluding hydrogens is 358 g/mol. The molecule has 1 aromatic carbocycles. The molecule has 2 N–H and O–H groups in total. The fraction of sp³-hybridized carbons (Fsp3) is 0.429. The van der Waals surface area contributed by atoms with Crippen molar-refractivity contribution >= 4 is 17.5 Å². The minimum atomic E-state index is -0.304. The number of benzene rings is 1. The molecule has 0 atom stereocenters. The lowest BCUT2D eigenvalue weighted by Crippen LogP contribution is -2.49. The third-order valence-electron chi connectivity index (χ3n) is 4.97. The van der Waals surface area contributed by atoms with Crippen LogP contribution in [0.2, 0.25) is 0 Å². The molecule has 3 heterocycles. The molecule has 0 saturated heterocycles. The molecule has 4 rings (SSSR count). The Morgan fingerprint density at radius 3 is 3.00 bits per heavy atom. The van der Waals surface area contributed by atoms with E-state index in [2.05, 4.69) is 29.4 Å². The van der Waals surface area contributed by atoms with Gasteiger partial charge in [-0.15, -0.1) is 0 Å². The molecule has 0 spiro atoms. The fourth-order valence-corrected chi connectivity index (χ4v) is 3.74. The third kappa shape index (κ3) is 3.69. The number of amides is 2. The van der Waals surface area contributed by atoms with Crippen LogP contribution >= 0.6 is 0 Å². The highest BCUT2D eigenvalue weighted by Crippen LogP contribution is 2.36. The van der Waals surface area contributed by atoms with Gasteiger partial charge >= 0.3 is 0 Å². The molecule has 7 nitrogen and oxygen atoms in total. The monoisotopic (exact) mass is 383 g/mol. The third-order valence-corrected chi connectivity index (χ3v) is 4.97. The van der Waals surface area contributed by atoms with Crippen LogP contribution < -0.4 is 20.3 Å². The Morgan fingerprint density at radius 2 is 2.14 bits per heavy atom. The van der Waals surface area contributed by atoms with E-state index in [-0.39, 0.29) is 23.2 Å². The van der Waals surface area contributed by atoms with Gasteiger partial charge < -0.3 is 24.7 Å². The predicted octanol–water partition coefficient (Wildman–Crippen LogP) is 2.36. The normalized spacial score (nSPS) is 17.6. The van der Waals surface area contributed by atoms with E-state index < -0.39 is 0 Å². The number of hydrogen-bond acceptors (Lipinski definition) is 5. The maximum absolute atomic E-state index is 12.5. The summed E-state index contributed by atoms with van der Waals surface area (Å²) in [6.45, 7) is 6.57. The number of hydrogen-bond donors (Lipinski definition) is 2. The average Bonchev–Trinajstić information content (AvgIpc) is 3.01. The summed E-state index contributed by atoms with van der Waals surface area (Å²) < 4.78 is 11.7. The summed E-state index contributed by atoms with van der Waals surface area (Å²) in [5, 5.41) is 5.70. The zero-order valence-corrected chi connectivity index (χ0v) is 16.2. The summed E-state index contributed by atoms with van der Waals surface area (Å²) >= 11 is 0. The number of furan rings is 1. The maximum atomic E-state index is 12.5. The SMILES string of the molecule is CC1(C)CN(CCNC(=O)c2cc3c(o2)CCCNC3=O)c2ccccc2O1. The second kappa shape index (κ2) is 7.22. The highest BCUT2D eigenvalue weighted by atomic mass is 16.5. The zero-order chi connectivity index (χ0) is 19.7. The molecule has 7 heteroatoms. The van der Waals surface area contributed by atoms with E-state index in [1.165, 1.54) is 0 Å². The van der Waals surface area contributed by atoms with E-state index >= 15 is 0 Å². The van der Waals surface area contributed by atoms with Gasteiger partial charge in [-0.1, -0.05) is 12.1 Å². The number of nitrogens with one attached hydrogen (secondary N) is 2. The van der Waals surface area contributed by atoms with Crippen LogP contribution in [0.25, 0.3) is 0 Å². The lowest BCUT2D eigenvalue weighted by Gasteiger charge is -2.40. The summed E-state index contributed by atoms with van der Waals surface area (Å²) in [6, 6.07) is 9.46. The summed E-state index contributed by atoms with van der Waals surface area (Å²) in [5.41, 5.74) is 1.19. The Hall–Kier alpha value is -2.96. The number of aryl methyl sites for hydroxylation is 1. The van der Waals surface area contributed by atoms with E-state index in [0.717, 1.165) is 24.4 Å². The Labute approximate surface area is 164 Å². The molecule has 0 radical (unpaired) electrons. The summed E-state index contributed by atoms with van der Waals surface area (Å²) in [5.74, 6) is 1.14. The molecular formula is C21H25N3O4. The van der Waals surface area contributed by atoms with E-state index in [1.807, 2.05) is 24.3 Å². The van der Waals surface area contributed by atoms with Gasteiger partial charge in [0.2, 0.25) is 0 Å². The quantitative estimate of drug-likeness (QED) is 0.847. The first-order valence-corrected chi connectivity index (χ1v) is 9.65. The van der Waals surface area contributed by atoms with Crippen LogP contribution in [0.5, 0.6) is 5.75 Å². The lowest BCUT2D eigenvalue weighted by molar-refractivity contribution is 0.0920. The second-order valence-electron chi connectivity index (χ2n) is 7.81. The molecule has 28 heavy (non-hydrogen) atoms. The fourth-order valence-electron chi connectivity index (χ4n) is 3.74. The smallest absolute Gasteiger partial charge is 0.287 e. The van der Waals surface area contributed by atoms with Gasteiger partial charge in [-0.25, -0.2) is 0 Å². The number of carbonyl (C=O) groups is 2. The van der Waals surface area contributed by atoms with Crippen LogP contribution in [0.15, 0.2) is 34.7 Å². The highest BCUT2D eigenvalue weighted by molar-refractivity contribution is 5.99. The van der Waals surface area contributed by atoms with Crippen LogP contribution in [-0.4, -0.2) is 43.6 Å². The van der Waals surface area contributed by atoms with Crippen molar-refractivity contribution < 1.29 is 18.7 Å². The molecule has 2 aliphatic heterocycles. The largest absolute Gasteiger partial charge is 0.484 e. The number of fused-ring (bicyclic) bond motifs is 2. The standard InChI is InChI=1S/C21H25N3O4/c1-21(2)13-24(15-6-3-4-7-17(15)28-21)11-10-23-20(26)18-12-14-16(27-18)8-5-9-22-19(14)25/h3-4,6-7,12H,5,8-11,13H2,1-2H3,(H,22,25)(H,23,26). The molecule has 0 bridgehead atoms. The van der Waals surface area contributed by atoms with Crippen molar-refractivity contribution in [3.8, 4) is 5.75 Å². The van der Waals surface area contributed by atoms with Crippen LogP contribution in [0.4, 0.5) is 5.69 Å². The number of anilines is 1. The van der Waals surface area contributed by atoms with Crippen LogP contribution in [0, 0.1) is 0 Å². The molecule has 0 saturated carbocycles. The predicted molar refractivity (Wildman–Crippen MR) is 105 cm³/mol. The van der Waals surface area contributed by atoms with Crippen molar-refractivity contribution in [3.05, 3.63) is 47.4 Å². The van der Waals surface area contributed by atoms with Gasteiger partial charge in [0.05, 0.1) is 17.8 Å². The van der Waals surface area contributed by atoms with E-state index in [0.29, 0.717) is 37.4 Å². The van der Waals surface area contributed by atoms with Crippen molar-refractivity contribution in [2.45, 2.75) is 32.3 Å². The van der Waals surface area contributed by atoms with Crippen LogP contribution in [0.3, 0.4) is 0 Å². The molecule has 2 aromatic rings. The first-order valence-electron chi connectivity index (χ1n) is 9.65. The van der Waals surface area contributed by atoms with Crippen molar-refractivity contribution in [2.75, 3.05) is 31.1 Å². The Balaban J connectivity index is 1.40. The van der Waals surface area contributed by atoms with Gasteiger partial charge in [0.1, 0.15) is 17.1 Å². The van der Waals surface area contributed by atoms with Gasteiger partial charge in [-0.3, -0.25) is 9.59 Å². The Morgan fingerprint density at radius 1 is 1.32 bits per heavy atom. The average molecular weight is 383 g/mol. The van der Waals surface area contributed by atoms with Crippen molar-refractivity contribution in [3.63, 3.8) is 0 Å². The minimum Gasteiger partial charge on any atom is -0.484 e. The topological polar surface area (TPSA) is 83.8 Å². The number of carbonyl (C=O) groups excluding carboxylic acids is 2. The summed E-state index contributed by atoms with van der Waals surface area (Å²) in [6.07, 6.45) is 1.46. The molecule has 2 aliphatic rings. The number of rotatable bonds is 4. The summed E-state index contributed by atoms with van der Waals surface area (Å²) in [4.78, 5) is 26.7. The zero-order valence-electron chi connectivity index (χ0n) is 16.2. The van der Waals surface area contributed by atoms with Gasteiger partial charge in [0.25, 0.3) is 11.8 Å². The molecule has 0 aliphatic carbocycles. The highest BCUT2D eigenvalue weighted by Gasteiger charge is 2.31. The van der Waals surface area contributed by atoms with Crippen molar-refractivity contribution in [1.82, 2.24) is 10.6 Å². The van der Waals surface area contributed by atoms with E-state index in [4.69, 9.17) is 9.15 Å². The molecule has 2 amide bonds. The maximum Gasteiger partial charge on any atom is 0.287 e. The van der Waals surface area contributed by atoms with Gasteiger partial charge in [-0.05, 0) is 32.4 Å². The molecule has 148 valence electrons. The van der Waals surface area contributed by atoms with E-state index in [9.17, 15) is 9.59 Å². The number of ether oxygens (including phenoxy) is 1. The first-order chi connectivity index (χ1) is 13.4. The minimum absolute atomic E-state index is 0.178. The second-order valence-corrected chi connectivity index (χ2v) is 7.81. The Bertz CT molecular complexity index is 903. The Kier molecular flexibility index (Phi) is 4.75.